The molecule has 0 aliphatic carbocycles. The quantitative estimate of drug-likeness (QED) is 0.848. The number of carboxylic acid groups (broad SMARTS) is 1. The van der Waals surface area contributed by atoms with Crippen LogP contribution in [-0.2, 0) is 9.59 Å². The number of aliphatic carboxylic acids is 1. The zero-order valence-corrected chi connectivity index (χ0v) is 12.2. The summed E-state index contributed by atoms with van der Waals surface area (Å²) in [5, 5.41) is 10.9. The molecular formula is C15H18F3NO3. The van der Waals surface area contributed by atoms with Crippen LogP contribution in [0.2, 0.25) is 0 Å². The summed E-state index contributed by atoms with van der Waals surface area (Å²) in [5.74, 6) is -3.34. The van der Waals surface area contributed by atoms with E-state index in [-0.39, 0.29) is 5.92 Å². The van der Waals surface area contributed by atoms with Crippen molar-refractivity contribution in [2.75, 3.05) is 0 Å². The first-order valence-electron chi connectivity index (χ1n) is 6.76. The molecule has 122 valence electrons. The van der Waals surface area contributed by atoms with Crippen LogP contribution in [0, 0.1) is 5.92 Å². The van der Waals surface area contributed by atoms with Crippen LogP contribution in [0.3, 0.4) is 0 Å². The molecule has 0 heterocycles. The number of carboxylic acids is 1. The molecule has 0 aromatic heterocycles. The zero-order chi connectivity index (χ0) is 16.9. The largest absolute Gasteiger partial charge is 0.480 e. The van der Waals surface area contributed by atoms with Crippen molar-refractivity contribution in [1.29, 1.82) is 0 Å². The number of rotatable bonds is 6. The molecule has 2 atom stereocenters. The fourth-order valence-electron chi connectivity index (χ4n) is 2.19. The molecule has 2 N–H and O–H groups in total. The molecule has 1 amide bonds. The number of amides is 1. The van der Waals surface area contributed by atoms with Crippen LogP contribution < -0.4 is 5.32 Å². The van der Waals surface area contributed by atoms with E-state index in [0.29, 0.717) is 5.56 Å². The topological polar surface area (TPSA) is 66.4 Å². The van der Waals surface area contributed by atoms with Crippen molar-refractivity contribution in [1.82, 2.24) is 5.32 Å². The first kappa shape index (κ1) is 18.0. The fourth-order valence-corrected chi connectivity index (χ4v) is 2.19. The summed E-state index contributed by atoms with van der Waals surface area (Å²) in [5.41, 5.74) is 0.631. The van der Waals surface area contributed by atoms with E-state index < -0.39 is 36.4 Å². The first-order valence-corrected chi connectivity index (χ1v) is 6.76. The van der Waals surface area contributed by atoms with Crippen molar-refractivity contribution in [3.8, 4) is 0 Å². The predicted molar refractivity (Wildman–Crippen MR) is 74.3 cm³/mol. The Balaban J connectivity index is 2.93. The number of carbonyl (C=O) groups excluding carboxylic acids is 1. The van der Waals surface area contributed by atoms with Gasteiger partial charge in [-0.3, -0.25) is 4.79 Å². The molecule has 0 fully saturated rings. The molecule has 1 aromatic rings. The molecule has 2 unspecified atom stereocenters. The van der Waals surface area contributed by atoms with Crippen LogP contribution in [0.25, 0.3) is 0 Å². The summed E-state index contributed by atoms with van der Waals surface area (Å²) in [4.78, 5) is 23.2. The molecule has 1 aromatic carbocycles. The third kappa shape index (κ3) is 5.38. The highest BCUT2D eigenvalue weighted by molar-refractivity contribution is 5.88. The van der Waals surface area contributed by atoms with Gasteiger partial charge in [0, 0.05) is 0 Å². The number of hydrogen-bond donors (Lipinski definition) is 2. The van der Waals surface area contributed by atoms with E-state index in [1.54, 1.807) is 44.2 Å². The van der Waals surface area contributed by atoms with E-state index >= 15 is 0 Å². The van der Waals surface area contributed by atoms with Crippen LogP contribution >= 0.6 is 0 Å². The number of benzene rings is 1. The van der Waals surface area contributed by atoms with Gasteiger partial charge in [-0.25, -0.2) is 4.79 Å². The van der Waals surface area contributed by atoms with Crippen molar-refractivity contribution in [2.24, 2.45) is 5.92 Å². The van der Waals surface area contributed by atoms with Crippen LogP contribution in [-0.4, -0.2) is 29.2 Å². The minimum absolute atomic E-state index is 0.192. The second-order valence-electron chi connectivity index (χ2n) is 5.35. The third-order valence-electron chi connectivity index (χ3n) is 3.16. The minimum atomic E-state index is -4.67. The summed E-state index contributed by atoms with van der Waals surface area (Å²) in [7, 11) is 0. The Hall–Kier alpha value is -2.05. The maximum absolute atomic E-state index is 12.4. The molecule has 0 radical (unpaired) electrons. The lowest BCUT2D eigenvalue weighted by Crippen LogP contribution is -2.46. The maximum Gasteiger partial charge on any atom is 0.391 e. The van der Waals surface area contributed by atoms with Crippen LogP contribution in [0.1, 0.15) is 31.7 Å². The fraction of sp³-hybridized carbons (Fsp3) is 0.467. The van der Waals surface area contributed by atoms with Gasteiger partial charge in [0.15, 0.2) is 0 Å². The molecule has 4 nitrogen and oxygen atoms in total. The zero-order valence-electron chi connectivity index (χ0n) is 12.2. The number of halogens is 3. The molecular weight excluding hydrogens is 299 g/mol. The van der Waals surface area contributed by atoms with Gasteiger partial charge in [-0.2, -0.15) is 13.2 Å². The number of alkyl halides is 3. The van der Waals surface area contributed by atoms with Crippen LogP contribution in [0.4, 0.5) is 13.2 Å². The lowest BCUT2D eigenvalue weighted by Gasteiger charge is -2.24. The second kappa shape index (κ2) is 7.29. The van der Waals surface area contributed by atoms with Crippen molar-refractivity contribution in [3.63, 3.8) is 0 Å². The van der Waals surface area contributed by atoms with E-state index in [0.717, 1.165) is 0 Å². The van der Waals surface area contributed by atoms with Gasteiger partial charge in [-0.1, -0.05) is 44.2 Å². The van der Waals surface area contributed by atoms with Gasteiger partial charge in [-0.05, 0) is 11.5 Å². The monoisotopic (exact) mass is 317 g/mol. The Labute approximate surface area is 126 Å². The normalized spacial score (nSPS) is 14.5. The molecule has 22 heavy (non-hydrogen) atoms. The summed E-state index contributed by atoms with van der Waals surface area (Å²) in [6.45, 7) is 3.49. The molecule has 0 spiro atoms. The number of carbonyl (C=O) groups is 2. The molecule has 0 saturated heterocycles. The highest BCUT2D eigenvalue weighted by atomic mass is 19.4. The predicted octanol–water partition coefficient (Wildman–Crippen LogP) is 2.95. The lowest BCUT2D eigenvalue weighted by atomic mass is 9.87. The molecule has 1 rings (SSSR count). The molecule has 0 bridgehead atoms. The Kier molecular flexibility index (Phi) is 5.96. The Morgan fingerprint density at radius 3 is 2.14 bits per heavy atom. The standard InChI is InChI=1S/C15H18F3NO3/c1-9(2)12(10-6-4-3-5-7-10)13(20)19-11(14(21)22)8-15(16,17)18/h3-7,9,11-12H,8H2,1-2H3,(H,19,20)(H,21,22). The summed E-state index contributed by atoms with van der Waals surface area (Å²) >= 11 is 0. The van der Waals surface area contributed by atoms with Gasteiger partial charge in [0.1, 0.15) is 6.04 Å². The minimum Gasteiger partial charge on any atom is -0.480 e. The third-order valence-corrected chi connectivity index (χ3v) is 3.16. The lowest BCUT2D eigenvalue weighted by molar-refractivity contribution is -0.160. The average Bonchev–Trinajstić information content (AvgIpc) is 2.37. The van der Waals surface area contributed by atoms with Crippen molar-refractivity contribution in [2.45, 2.75) is 38.4 Å². The molecule has 0 aliphatic rings. The maximum atomic E-state index is 12.4. The van der Waals surface area contributed by atoms with Crippen LogP contribution in [0.5, 0.6) is 0 Å². The van der Waals surface area contributed by atoms with E-state index in [9.17, 15) is 22.8 Å². The van der Waals surface area contributed by atoms with Gasteiger partial charge >= 0.3 is 12.1 Å². The SMILES string of the molecule is CC(C)C(C(=O)NC(CC(F)(F)F)C(=O)O)c1ccccc1. The highest BCUT2D eigenvalue weighted by Crippen LogP contribution is 2.26. The van der Waals surface area contributed by atoms with Crippen LogP contribution in [0.15, 0.2) is 30.3 Å². The van der Waals surface area contributed by atoms with Crippen molar-refractivity contribution >= 4 is 11.9 Å². The first-order chi connectivity index (χ1) is 10.1. The van der Waals surface area contributed by atoms with Gasteiger partial charge in [-0.15, -0.1) is 0 Å². The van der Waals surface area contributed by atoms with Gasteiger partial charge in [0.2, 0.25) is 5.91 Å². The Morgan fingerprint density at radius 1 is 1.18 bits per heavy atom. The Morgan fingerprint density at radius 2 is 1.73 bits per heavy atom. The number of hydrogen-bond acceptors (Lipinski definition) is 2. The number of nitrogens with one attached hydrogen (secondary N) is 1. The van der Waals surface area contributed by atoms with Crippen molar-refractivity contribution < 1.29 is 27.9 Å². The van der Waals surface area contributed by atoms with Gasteiger partial charge < -0.3 is 10.4 Å². The molecule has 0 saturated carbocycles. The van der Waals surface area contributed by atoms with E-state index in [2.05, 4.69) is 0 Å². The van der Waals surface area contributed by atoms with Gasteiger partial charge in [0.05, 0.1) is 12.3 Å². The molecule has 0 aliphatic heterocycles. The van der Waals surface area contributed by atoms with E-state index in [4.69, 9.17) is 5.11 Å². The van der Waals surface area contributed by atoms with Gasteiger partial charge in [0.25, 0.3) is 0 Å². The second-order valence-corrected chi connectivity index (χ2v) is 5.35. The summed E-state index contributed by atoms with van der Waals surface area (Å²) in [6.07, 6.45) is -6.27. The Bertz CT molecular complexity index is 515. The van der Waals surface area contributed by atoms with Crippen molar-refractivity contribution in [3.05, 3.63) is 35.9 Å². The average molecular weight is 317 g/mol. The van der Waals surface area contributed by atoms with E-state index in [1.165, 1.54) is 0 Å². The molecule has 7 heteroatoms. The summed E-state index contributed by atoms with van der Waals surface area (Å²) in [6, 6.07) is 6.55. The summed E-state index contributed by atoms with van der Waals surface area (Å²) < 4.78 is 37.2. The van der Waals surface area contributed by atoms with E-state index in [1.807, 2.05) is 5.32 Å². The smallest absolute Gasteiger partial charge is 0.391 e. The highest BCUT2D eigenvalue weighted by Gasteiger charge is 2.37.